The first-order valence-electron chi connectivity index (χ1n) is 5.79. The van der Waals surface area contributed by atoms with E-state index in [9.17, 15) is 4.79 Å². The second-order valence-electron chi connectivity index (χ2n) is 3.95. The average Bonchev–Trinajstić information content (AvgIpc) is 2.43. The van der Waals surface area contributed by atoms with E-state index in [1.807, 2.05) is 12.1 Å². The molecule has 0 saturated carbocycles. The van der Waals surface area contributed by atoms with Gasteiger partial charge in [0, 0.05) is 27.0 Å². The van der Waals surface area contributed by atoms with E-state index in [0.29, 0.717) is 12.1 Å². The van der Waals surface area contributed by atoms with Crippen LogP contribution in [0.3, 0.4) is 0 Å². The van der Waals surface area contributed by atoms with E-state index < -0.39 is 0 Å². The van der Waals surface area contributed by atoms with Gasteiger partial charge in [0.2, 0.25) is 0 Å². The van der Waals surface area contributed by atoms with Crippen LogP contribution in [-0.2, 0) is 6.42 Å². The van der Waals surface area contributed by atoms with E-state index in [4.69, 9.17) is 0 Å². The lowest BCUT2D eigenvalue weighted by Gasteiger charge is -2.08. The lowest BCUT2D eigenvalue weighted by Crippen LogP contribution is -2.26. The number of nitrogens with one attached hydrogen (secondary N) is 1. The zero-order valence-electron chi connectivity index (χ0n) is 10.1. The summed E-state index contributed by atoms with van der Waals surface area (Å²) in [6.45, 7) is 0.604. The summed E-state index contributed by atoms with van der Waals surface area (Å²) < 4.78 is 2.28. The van der Waals surface area contributed by atoms with Gasteiger partial charge in [-0.25, -0.2) is 0 Å². The number of nitrogens with zero attached hydrogens (tertiary/aromatic N) is 1. The Kier molecular flexibility index (Phi) is 5.33. The number of halogens is 2. The standard InChI is InChI=1S/C14H12BrIN2O/c15-12-4-1-5-13(16)11(12)6-8-18-14(19)10-3-2-7-17-9-10/h1-5,7,9H,6,8H2,(H,18,19). The van der Waals surface area contributed by atoms with Crippen LogP contribution in [0.5, 0.6) is 0 Å². The average molecular weight is 431 g/mol. The van der Waals surface area contributed by atoms with Crippen LogP contribution in [0, 0.1) is 3.57 Å². The van der Waals surface area contributed by atoms with Gasteiger partial charge in [-0.3, -0.25) is 9.78 Å². The highest BCUT2D eigenvalue weighted by Crippen LogP contribution is 2.22. The van der Waals surface area contributed by atoms with Gasteiger partial charge < -0.3 is 5.32 Å². The van der Waals surface area contributed by atoms with Gasteiger partial charge in [-0.1, -0.05) is 22.0 Å². The van der Waals surface area contributed by atoms with E-state index in [0.717, 1.165) is 10.9 Å². The van der Waals surface area contributed by atoms with Crippen molar-refractivity contribution in [2.24, 2.45) is 0 Å². The Morgan fingerprint density at radius 1 is 1.32 bits per heavy atom. The number of amides is 1. The van der Waals surface area contributed by atoms with Gasteiger partial charge in [0.15, 0.2) is 0 Å². The Balaban J connectivity index is 1.92. The molecule has 1 aromatic heterocycles. The second kappa shape index (κ2) is 7.00. The number of rotatable bonds is 4. The van der Waals surface area contributed by atoms with Gasteiger partial charge in [-0.2, -0.15) is 0 Å². The first kappa shape index (κ1) is 14.5. The molecule has 5 heteroatoms. The largest absolute Gasteiger partial charge is 0.352 e. The minimum Gasteiger partial charge on any atom is -0.352 e. The molecule has 0 unspecified atom stereocenters. The molecular weight excluding hydrogens is 419 g/mol. The SMILES string of the molecule is O=C(NCCc1c(Br)cccc1I)c1cccnc1. The van der Waals surface area contributed by atoms with Crippen molar-refractivity contribution < 1.29 is 4.79 Å². The van der Waals surface area contributed by atoms with Crippen molar-refractivity contribution >= 4 is 44.4 Å². The second-order valence-corrected chi connectivity index (χ2v) is 5.96. The Hall–Kier alpha value is -0.950. The molecule has 0 bridgehead atoms. The van der Waals surface area contributed by atoms with E-state index in [-0.39, 0.29) is 5.91 Å². The highest BCUT2D eigenvalue weighted by Gasteiger charge is 2.07. The van der Waals surface area contributed by atoms with Crippen molar-refractivity contribution in [1.29, 1.82) is 0 Å². The van der Waals surface area contributed by atoms with Crippen molar-refractivity contribution in [3.63, 3.8) is 0 Å². The minimum absolute atomic E-state index is 0.0878. The van der Waals surface area contributed by atoms with Gasteiger partial charge in [0.05, 0.1) is 5.56 Å². The van der Waals surface area contributed by atoms with Crippen LogP contribution >= 0.6 is 38.5 Å². The highest BCUT2D eigenvalue weighted by molar-refractivity contribution is 14.1. The van der Waals surface area contributed by atoms with Crippen molar-refractivity contribution in [2.75, 3.05) is 6.54 Å². The zero-order chi connectivity index (χ0) is 13.7. The molecule has 1 N–H and O–H groups in total. The third kappa shape index (κ3) is 4.01. The molecule has 0 aliphatic rings. The molecule has 0 saturated heterocycles. The first-order valence-corrected chi connectivity index (χ1v) is 7.67. The van der Waals surface area contributed by atoms with Crippen LogP contribution in [-0.4, -0.2) is 17.4 Å². The number of benzene rings is 1. The Morgan fingerprint density at radius 3 is 2.84 bits per heavy atom. The van der Waals surface area contributed by atoms with Crippen molar-refractivity contribution in [2.45, 2.75) is 6.42 Å². The number of aromatic nitrogens is 1. The number of pyridine rings is 1. The molecule has 1 heterocycles. The topological polar surface area (TPSA) is 42.0 Å². The fourth-order valence-corrected chi connectivity index (χ4v) is 3.37. The Labute approximate surface area is 134 Å². The Morgan fingerprint density at radius 2 is 2.16 bits per heavy atom. The number of carbonyl (C=O) groups is 1. The van der Waals surface area contributed by atoms with Gasteiger partial charge in [-0.15, -0.1) is 0 Å². The highest BCUT2D eigenvalue weighted by atomic mass is 127. The number of hydrogen-bond acceptors (Lipinski definition) is 2. The summed E-state index contributed by atoms with van der Waals surface area (Å²) in [4.78, 5) is 15.8. The maximum Gasteiger partial charge on any atom is 0.252 e. The molecule has 2 rings (SSSR count). The molecule has 3 nitrogen and oxygen atoms in total. The summed E-state index contributed by atoms with van der Waals surface area (Å²) in [5.74, 6) is -0.0878. The third-order valence-corrected chi connectivity index (χ3v) is 4.40. The van der Waals surface area contributed by atoms with E-state index >= 15 is 0 Å². The van der Waals surface area contributed by atoms with Crippen LogP contribution in [0.2, 0.25) is 0 Å². The quantitative estimate of drug-likeness (QED) is 0.755. The molecule has 0 atom stereocenters. The summed E-state index contributed by atoms with van der Waals surface area (Å²) in [5, 5.41) is 2.90. The van der Waals surface area contributed by atoms with Crippen LogP contribution in [0.1, 0.15) is 15.9 Å². The molecule has 19 heavy (non-hydrogen) atoms. The normalized spacial score (nSPS) is 10.2. The van der Waals surface area contributed by atoms with Crippen LogP contribution < -0.4 is 5.32 Å². The van der Waals surface area contributed by atoms with Crippen molar-refractivity contribution in [1.82, 2.24) is 10.3 Å². The maximum atomic E-state index is 11.8. The van der Waals surface area contributed by atoms with Gasteiger partial charge in [0.1, 0.15) is 0 Å². The Bertz CT molecular complexity index is 555. The van der Waals surface area contributed by atoms with Crippen molar-refractivity contribution in [3.8, 4) is 0 Å². The first-order chi connectivity index (χ1) is 9.18. The van der Waals surface area contributed by atoms with Gasteiger partial charge in [-0.05, 0) is 58.8 Å². The summed E-state index contributed by atoms with van der Waals surface area (Å²) in [6.07, 6.45) is 4.02. The molecule has 2 aromatic rings. The van der Waals surface area contributed by atoms with Crippen LogP contribution in [0.15, 0.2) is 47.2 Å². The van der Waals surface area contributed by atoms with Crippen molar-refractivity contribution in [3.05, 3.63) is 61.9 Å². The number of hydrogen-bond donors (Lipinski definition) is 1. The summed E-state index contributed by atoms with van der Waals surface area (Å²) in [7, 11) is 0. The molecule has 0 aliphatic carbocycles. The molecule has 0 radical (unpaired) electrons. The smallest absolute Gasteiger partial charge is 0.252 e. The minimum atomic E-state index is -0.0878. The fourth-order valence-electron chi connectivity index (χ4n) is 1.67. The van der Waals surface area contributed by atoms with Crippen LogP contribution in [0.25, 0.3) is 0 Å². The maximum absolute atomic E-state index is 11.8. The lowest BCUT2D eigenvalue weighted by molar-refractivity contribution is 0.0954. The predicted molar refractivity (Wildman–Crippen MR) is 87.1 cm³/mol. The van der Waals surface area contributed by atoms with E-state index in [1.54, 1.807) is 24.5 Å². The summed E-state index contributed by atoms with van der Waals surface area (Å²) in [6, 6.07) is 9.59. The van der Waals surface area contributed by atoms with E-state index in [1.165, 1.54) is 9.13 Å². The van der Waals surface area contributed by atoms with Gasteiger partial charge in [0.25, 0.3) is 5.91 Å². The monoisotopic (exact) mass is 430 g/mol. The van der Waals surface area contributed by atoms with Gasteiger partial charge >= 0.3 is 0 Å². The molecule has 0 aliphatic heterocycles. The zero-order valence-corrected chi connectivity index (χ0v) is 13.8. The lowest BCUT2D eigenvalue weighted by atomic mass is 10.1. The molecule has 0 fully saturated rings. The van der Waals surface area contributed by atoms with E-state index in [2.05, 4.69) is 54.9 Å². The van der Waals surface area contributed by atoms with Crippen LogP contribution in [0.4, 0.5) is 0 Å². The fraction of sp³-hybridized carbons (Fsp3) is 0.143. The number of carbonyl (C=O) groups excluding carboxylic acids is 1. The summed E-state index contributed by atoms with van der Waals surface area (Å²) in [5.41, 5.74) is 1.80. The molecule has 98 valence electrons. The molecule has 1 amide bonds. The summed E-state index contributed by atoms with van der Waals surface area (Å²) >= 11 is 5.83. The molecule has 1 aromatic carbocycles. The predicted octanol–water partition coefficient (Wildman–Crippen LogP) is 3.42. The molecular formula is C14H12BrIN2O. The third-order valence-electron chi connectivity index (χ3n) is 2.65. The molecule has 0 spiro atoms.